The third kappa shape index (κ3) is 1.52. The van der Waals surface area contributed by atoms with E-state index in [1.165, 1.54) is 0 Å². The van der Waals surface area contributed by atoms with Crippen LogP contribution in [0.2, 0.25) is 0 Å². The Labute approximate surface area is 119 Å². The van der Waals surface area contributed by atoms with Gasteiger partial charge in [0.15, 0.2) is 0 Å². The van der Waals surface area contributed by atoms with Crippen LogP contribution in [0.1, 0.15) is 58.3 Å². The Morgan fingerprint density at radius 3 is 2.60 bits per heavy atom. The number of epoxide rings is 1. The van der Waals surface area contributed by atoms with Crippen molar-refractivity contribution in [2.24, 2.45) is 10.8 Å². The highest BCUT2D eigenvalue weighted by molar-refractivity contribution is 5.76. The van der Waals surface area contributed by atoms with Gasteiger partial charge in [0.05, 0.1) is 29.8 Å². The number of carboxylic acid groups (broad SMARTS) is 1. The summed E-state index contributed by atoms with van der Waals surface area (Å²) in [6.45, 7) is 2.17. The van der Waals surface area contributed by atoms with E-state index in [2.05, 4.69) is 6.92 Å². The highest BCUT2D eigenvalue weighted by Crippen LogP contribution is 2.65. The summed E-state index contributed by atoms with van der Waals surface area (Å²) < 4.78 is 11.7. The fourth-order valence-corrected chi connectivity index (χ4v) is 5.41. The molecule has 1 N–H and O–H groups in total. The number of hydrogen-bond acceptors (Lipinski definition) is 3. The van der Waals surface area contributed by atoms with E-state index < -0.39 is 11.4 Å². The molecule has 6 atom stereocenters. The molecule has 3 saturated heterocycles. The zero-order valence-electron chi connectivity index (χ0n) is 12.1. The summed E-state index contributed by atoms with van der Waals surface area (Å²) in [5, 5.41) is 10.1. The lowest BCUT2D eigenvalue weighted by Crippen LogP contribution is -2.64. The van der Waals surface area contributed by atoms with Crippen molar-refractivity contribution in [3.8, 4) is 0 Å². The molecular formula is C16H24O4. The lowest BCUT2D eigenvalue weighted by molar-refractivity contribution is -0.265. The minimum absolute atomic E-state index is 0.154. The first kappa shape index (κ1) is 13.1. The monoisotopic (exact) mass is 280 g/mol. The zero-order valence-corrected chi connectivity index (χ0v) is 12.1. The van der Waals surface area contributed by atoms with Gasteiger partial charge in [0, 0.05) is 11.8 Å². The summed E-state index contributed by atoms with van der Waals surface area (Å²) in [6.07, 6.45) is 8.68. The number of carbonyl (C=O) groups is 1. The molecule has 5 rings (SSSR count). The molecule has 112 valence electrons. The van der Waals surface area contributed by atoms with Crippen LogP contribution in [0, 0.1) is 10.8 Å². The van der Waals surface area contributed by atoms with Gasteiger partial charge in [-0.15, -0.1) is 0 Å². The Morgan fingerprint density at radius 1 is 1.25 bits per heavy atom. The standard InChI is InChI=1S/C16H24O4/c1-2-5-15(6-3-10-8-13(15)19-10)16(14(17)18)7-4-11-12(9-16)20-11/h10-13H,2-9H2,1H3,(H,17,18). The molecule has 2 aliphatic carbocycles. The van der Waals surface area contributed by atoms with Gasteiger partial charge >= 0.3 is 5.97 Å². The summed E-state index contributed by atoms with van der Waals surface area (Å²) in [4.78, 5) is 12.3. The van der Waals surface area contributed by atoms with E-state index in [0.717, 1.165) is 44.9 Å². The third-order valence-corrected chi connectivity index (χ3v) is 6.51. The maximum atomic E-state index is 12.3. The predicted octanol–water partition coefficient (Wildman–Crippen LogP) is 2.75. The van der Waals surface area contributed by atoms with Crippen LogP contribution in [0.3, 0.4) is 0 Å². The molecule has 4 heteroatoms. The zero-order chi connectivity index (χ0) is 14.0. The van der Waals surface area contributed by atoms with Gasteiger partial charge in [-0.05, 0) is 38.5 Å². The normalized spacial score (nSPS) is 52.9. The molecular weight excluding hydrogens is 256 g/mol. The molecule has 0 spiro atoms. The smallest absolute Gasteiger partial charge is 0.310 e. The molecule has 0 aromatic heterocycles. The molecule has 3 aliphatic heterocycles. The summed E-state index contributed by atoms with van der Waals surface area (Å²) in [7, 11) is 0. The number of hydrogen-bond donors (Lipinski definition) is 1. The van der Waals surface area contributed by atoms with Crippen LogP contribution in [0.15, 0.2) is 0 Å². The first-order chi connectivity index (χ1) is 9.61. The van der Waals surface area contributed by atoms with Crippen molar-refractivity contribution < 1.29 is 19.4 Å². The van der Waals surface area contributed by atoms with Crippen LogP contribution in [0.5, 0.6) is 0 Å². The van der Waals surface area contributed by atoms with E-state index in [0.29, 0.717) is 18.6 Å². The van der Waals surface area contributed by atoms with Crippen LogP contribution >= 0.6 is 0 Å². The first-order valence-electron chi connectivity index (χ1n) is 8.16. The fraction of sp³-hybridized carbons (Fsp3) is 0.938. The number of aliphatic carboxylic acids is 1. The molecule has 2 bridgehead atoms. The maximum Gasteiger partial charge on any atom is 0.310 e. The lowest BCUT2D eigenvalue weighted by Gasteiger charge is -2.61. The average Bonchev–Trinajstić information content (AvgIpc) is 3.15. The number of rotatable bonds is 4. The van der Waals surface area contributed by atoms with Crippen molar-refractivity contribution >= 4 is 5.97 Å². The second-order valence-electron chi connectivity index (χ2n) is 7.27. The summed E-state index contributed by atoms with van der Waals surface area (Å²) in [6, 6.07) is 0. The van der Waals surface area contributed by atoms with Gasteiger partial charge in [0.2, 0.25) is 0 Å². The highest BCUT2D eigenvalue weighted by atomic mass is 16.6. The summed E-state index contributed by atoms with van der Waals surface area (Å²) >= 11 is 0. The molecule has 0 aromatic carbocycles. The Balaban J connectivity index is 1.73. The molecule has 0 amide bonds. The van der Waals surface area contributed by atoms with Crippen molar-refractivity contribution in [2.45, 2.75) is 82.7 Å². The van der Waals surface area contributed by atoms with Crippen LogP contribution in [0.4, 0.5) is 0 Å². The van der Waals surface area contributed by atoms with Gasteiger partial charge < -0.3 is 14.6 Å². The Hall–Kier alpha value is -0.610. The number of ether oxygens (including phenoxy) is 2. The average molecular weight is 280 g/mol. The molecule has 20 heavy (non-hydrogen) atoms. The Morgan fingerprint density at radius 2 is 2.05 bits per heavy atom. The van der Waals surface area contributed by atoms with E-state index in [9.17, 15) is 9.90 Å². The molecule has 0 radical (unpaired) electrons. The largest absolute Gasteiger partial charge is 0.481 e. The van der Waals surface area contributed by atoms with E-state index >= 15 is 0 Å². The van der Waals surface area contributed by atoms with Gasteiger partial charge in [-0.3, -0.25) is 4.79 Å². The van der Waals surface area contributed by atoms with Gasteiger partial charge in [-0.2, -0.15) is 0 Å². The van der Waals surface area contributed by atoms with Crippen molar-refractivity contribution in [1.29, 1.82) is 0 Å². The van der Waals surface area contributed by atoms with Crippen LogP contribution < -0.4 is 0 Å². The predicted molar refractivity (Wildman–Crippen MR) is 72.4 cm³/mol. The molecule has 3 heterocycles. The van der Waals surface area contributed by atoms with Crippen molar-refractivity contribution in [2.75, 3.05) is 0 Å². The summed E-state index contributed by atoms with van der Waals surface area (Å²) in [5.41, 5.74) is -0.768. The molecule has 2 saturated carbocycles. The second kappa shape index (κ2) is 4.20. The molecule has 5 fully saturated rings. The van der Waals surface area contributed by atoms with Gasteiger partial charge in [0.1, 0.15) is 0 Å². The second-order valence-corrected chi connectivity index (χ2v) is 7.27. The van der Waals surface area contributed by atoms with Crippen LogP contribution in [0.25, 0.3) is 0 Å². The maximum absolute atomic E-state index is 12.3. The van der Waals surface area contributed by atoms with Crippen molar-refractivity contribution in [3.05, 3.63) is 0 Å². The third-order valence-electron chi connectivity index (χ3n) is 6.51. The van der Waals surface area contributed by atoms with E-state index in [4.69, 9.17) is 9.47 Å². The first-order valence-corrected chi connectivity index (χ1v) is 8.16. The van der Waals surface area contributed by atoms with E-state index in [1.54, 1.807) is 0 Å². The topological polar surface area (TPSA) is 59.1 Å². The Kier molecular flexibility index (Phi) is 2.75. The minimum atomic E-state index is -0.614. The van der Waals surface area contributed by atoms with Gasteiger partial charge in [-0.25, -0.2) is 0 Å². The molecule has 0 aromatic rings. The quantitative estimate of drug-likeness (QED) is 0.804. The fourth-order valence-electron chi connectivity index (χ4n) is 5.41. The van der Waals surface area contributed by atoms with Gasteiger partial charge in [0.25, 0.3) is 0 Å². The molecule has 5 aliphatic rings. The van der Waals surface area contributed by atoms with Crippen molar-refractivity contribution in [3.63, 3.8) is 0 Å². The molecule has 4 nitrogen and oxygen atoms in total. The minimum Gasteiger partial charge on any atom is -0.481 e. The number of carboxylic acids is 1. The highest BCUT2D eigenvalue weighted by Gasteiger charge is 2.68. The van der Waals surface area contributed by atoms with E-state index in [1.807, 2.05) is 0 Å². The van der Waals surface area contributed by atoms with Crippen LogP contribution in [-0.2, 0) is 14.3 Å². The molecule has 6 unspecified atom stereocenters. The van der Waals surface area contributed by atoms with Crippen LogP contribution in [-0.4, -0.2) is 35.5 Å². The summed E-state index contributed by atoms with van der Waals surface area (Å²) in [5.74, 6) is -0.603. The number of fused-ring (bicyclic) bond motifs is 3. The SMILES string of the molecule is CCCC1(C2(C(=O)O)CCC3OC3C2)CCC2CC1O2. The lowest BCUT2D eigenvalue weighted by atomic mass is 9.48. The van der Waals surface area contributed by atoms with Gasteiger partial charge in [-0.1, -0.05) is 13.3 Å². The van der Waals surface area contributed by atoms with Crippen molar-refractivity contribution in [1.82, 2.24) is 0 Å². The Bertz CT molecular complexity index is 423. The van der Waals surface area contributed by atoms with E-state index in [-0.39, 0.29) is 17.6 Å².